The summed E-state index contributed by atoms with van der Waals surface area (Å²) in [6, 6.07) is 10.8. The van der Waals surface area contributed by atoms with E-state index in [2.05, 4.69) is 15.3 Å². The normalized spacial score (nSPS) is 13.0. The number of aromatic nitrogens is 1. The monoisotopic (exact) mass is 405 g/mol. The number of nitrogens with one attached hydrogen (secondary N) is 1. The van der Waals surface area contributed by atoms with Gasteiger partial charge < -0.3 is 19.5 Å². The standard InChI is InChI=1S/C23H23N3O4/c1-4-30-15-7-5-6-14(10-15)22(27)21-17-12-20(29-3)19(28-2)11-16(17)18(13-26-21)23-24-8-9-25-23/h5-7,10-13H,4,8-9H2,1-3H3,(H,24,25). The lowest BCUT2D eigenvalue weighted by atomic mass is 9.98. The fourth-order valence-corrected chi connectivity index (χ4v) is 3.54. The van der Waals surface area contributed by atoms with Gasteiger partial charge in [0.2, 0.25) is 5.78 Å². The Labute approximate surface area is 174 Å². The van der Waals surface area contributed by atoms with E-state index in [1.165, 1.54) is 0 Å². The van der Waals surface area contributed by atoms with Crippen LogP contribution in [0.2, 0.25) is 0 Å². The van der Waals surface area contributed by atoms with E-state index in [1.54, 1.807) is 44.7 Å². The molecule has 0 saturated heterocycles. The summed E-state index contributed by atoms with van der Waals surface area (Å²) in [6.45, 7) is 3.91. The van der Waals surface area contributed by atoms with Crippen LogP contribution < -0.4 is 19.5 Å². The summed E-state index contributed by atoms with van der Waals surface area (Å²) in [4.78, 5) is 22.4. The van der Waals surface area contributed by atoms with Gasteiger partial charge in [0.25, 0.3) is 0 Å². The van der Waals surface area contributed by atoms with Crippen molar-refractivity contribution in [3.8, 4) is 17.2 Å². The molecule has 0 aliphatic carbocycles. The Balaban J connectivity index is 1.90. The van der Waals surface area contributed by atoms with Crippen LogP contribution in [0.3, 0.4) is 0 Å². The molecule has 0 atom stereocenters. The Morgan fingerprint density at radius 1 is 1.10 bits per heavy atom. The van der Waals surface area contributed by atoms with Crippen molar-refractivity contribution in [2.45, 2.75) is 6.92 Å². The maximum atomic E-state index is 13.4. The molecule has 1 N–H and O–H groups in total. The van der Waals surface area contributed by atoms with E-state index < -0.39 is 0 Å². The lowest BCUT2D eigenvalue weighted by Crippen LogP contribution is -2.20. The van der Waals surface area contributed by atoms with Crippen molar-refractivity contribution >= 4 is 22.4 Å². The molecule has 1 aliphatic heterocycles. The number of carbonyl (C=O) groups is 1. The quantitative estimate of drug-likeness (QED) is 0.608. The molecule has 0 amide bonds. The minimum Gasteiger partial charge on any atom is -0.494 e. The zero-order chi connectivity index (χ0) is 21.1. The smallest absolute Gasteiger partial charge is 0.212 e. The van der Waals surface area contributed by atoms with Crippen molar-refractivity contribution in [1.29, 1.82) is 0 Å². The van der Waals surface area contributed by atoms with Crippen LogP contribution in [0.1, 0.15) is 28.5 Å². The fourth-order valence-electron chi connectivity index (χ4n) is 3.54. The molecule has 0 fully saturated rings. The summed E-state index contributed by atoms with van der Waals surface area (Å²) >= 11 is 0. The van der Waals surface area contributed by atoms with Crippen molar-refractivity contribution < 1.29 is 19.0 Å². The van der Waals surface area contributed by atoms with Crippen LogP contribution in [0.5, 0.6) is 17.2 Å². The van der Waals surface area contributed by atoms with Crippen LogP contribution in [0, 0.1) is 0 Å². The summed E-state index contributed by atoms with van der Waals surface area (Å²) < 4.78 is 16.5. The number of carbonyl (C=O) groups excluding carboxylic acids is 1. The molecule has 3 aromatic rings. The minimum atomic E-state index is -0.193. The number of methoxy groups -OCH3 is 2. The van der Waals surface area contributed by atoms with Gasteiger partial charge in [-0.2, -0.15) is 0 Å². The molecule has 2 heterocycles. The van der Waals surface area contributed by atoms with Gasteiger partial charge in [0.05, 0.1) is 27.4 Å². The van der Waals surface area contributed by atoms with Crippen LogP contribution in [0.15, 0.2) is 47.6 Å². The molecule has 0 bridgehead atoms. The number of rotatable bonds is 7. The molecule has 7 heteroatoms. The maximum Gasteiger partial charge on any atom is 0.212 e. The molecule has 4 rings (SSSR count). The summed E-state index contributed by atoms with van der Waals surface area (Å²) in [5, 5.41) is 4.76. The Kier molecular flexibility index (Phi) is 5.52. The van der Waals surface area contributed by atoms with E-state index >= 15 is 0 Å². The summed E-state index contributed by atoms with van der Waals surface area (Å²) in [5.74, 6) is 2.32. The number of ketones is 1. The molecule has 7 nitrogen and oxygen atoms in total. The first-order valence-electron chi connectivity index (χ1n) is 9.77. The van der Waals surface area contributed by atoms with Crippen LogP contribution in [0.4, 0.5) is 0 Å². The first-order valence-corrected chi connectivity index (χ1v) is 9.77. The second-order valence-electron chi connectivity index (χ2n) is 6.72. The average Bonchev–Trinajstić information content (AvgIpc) is 3.32. The molecular formula is C23H23N3O4. The number of aliphatic imine (C=N–C) groups is 1. The third kappa shape index (κ3) is 3.54. The zero-order valence-corrected chi connectivity index (χ0v) is 17.2. The number of nitrogens with zero attached hydrogens (tertiary/aromatic N) is 2. The van der Waals surface area contributed by atoms with Crippen LogP contribution >= 0.6 is 0 Å². The zero-order valence-electron chi connectivity index (χ0n) is 17.2. The van der Waals surface area contributed by atoms with Gasteiger partial charge in [0.15, 0.2) is 11.5 Å². The molecule has 0 unspecified atom stereocenters. The highest BCUT2D eigenvalue weighted by atomic mass is 16.5. The molecule has 30 heavy (non-hydrogen) atoms. The van der Waals surface area contributed by atoms with Gasteiger partial charge in [0, 0.05) is 34.6 Å². The van der Waals surface area contributed by atoms with E-state index in [-0.39, 0.29) is 5.78 Å². The molecule has 2 aromatic carbocycles. The lowest BCUT2D eigenvalue weighted by Gasteiger charge is -2.14. The van der Waals surface area contributed by atoms with Gasteiger partial charge in [-0.15, -0.1) is 0 Å². The fraction of sp³-hybridized carbons (Fsp3) is 0.261. The molecule has 0 saturated carbocycles. The minimum absolute atomic E-state index is 0.193. The van der Waals surface area contributed by atoms with E-state index in [0.29, 0.717) is 47.0 Å². The van der Waals surface area contributed by atoms with Crippen molar-refractivity contribution in [3.05, 3.63) is 59.4 Å². The van der Waals surface area contributed by atoms with Crippen molar-refractivity contribution in [3.63, 3.8) is 0 Å². The average molecular weight is 405 g/mol. The van der Waals surface area contributed by atoms with Gasteiger partial charge in [-0.3, -0.25) is 14.8 Å². The summed E-state index contributed by atoms with van der Waals surface area (Å²) in [6.07, 6.45) is 1.69. The molecular weight excluding hydrogens is 382 g/mol. The molecule has 154 valence electrons. The van der Waals surface area contributed by atoms with E-state index in [0.717, 1.165) is 23.3 Å². The Hall–Kier alpha value is -3.61. The van der Waals surface area contributed by atoms with E-state index in [1.807, 2.05) is 19.1 Å². The maximum absolute atomic E-state index is 13.4. The highest BCUT2D eigenvalue weighted by Crippen LogP contribution is 2.35. The van der Waals surface area contributed by atoms with Gasteiger partial charge in [-0.25, -0.2) is 0 Å². The molecule has 0 spiro atoms. The summed E-state index contributed by atoms with van der Waals surface area (Å²) in [7, 11) is 3.15. The van der Waals surface area contributed by atoms with Gasteiger partial charge in [-0.1, -0.05) is 12.1 Å². The van der Waals surface area contributed by atoms with Crippen molar-refractivity contribution in [2.75, 3.05) is 33.9 Å². The van der Waals surface area contributed by atoms with Crippen LogP contribution in [-0.4, -0.2) is 50.5 Å². The number of ether oxygens (including phenoxy) is 3. The van der Waals surface area contributed by atoms with Crippen LogP contribution in [0.25, 0.3) is 10.8 Å². The molecule has 1 aliphatic rings. The molecule has 1 aromatic heterocycles. The Morgan fingerprint density at radius 3 is 2.53 bits per heavy atom. The topological polar surface area (TPSA) is 82.0 Å². The Bertz CT molecular complexity index is 1140. The Morgan fingerprint density at radius 2 is 1.87 bits per heavy atom. The van der Waals surface area contributed by atoms with Gasteiger partial charge in [-0.05, 0) is 31.2 Å². The van der Waals surface area contributed by atoms with Crippen molar-refractivity contribution in [1.82, 2.24) is 10.3 Å². The lowest BCUT2D eigenvalue weighted by molar-refractivity contribution is 0.103. The SMILES string of the molecule is CCOc1cccc(C(=O)c2ncc(C3=NCCN3)c3cc(OC)c(OC)cc23)c1. The van der Waals surface area contributed by atoms with Crippen LogP contribution in [-0.2, 0) is 0 Å². The number of amidine groups is 1. The van der Waals surface area contributed by atoms with E-state index in [4.69, 9.17) is 14.2 Å². The second kappa shape index (κ2) is 8.41. The third-order valence-electron chi connectivity index (χ3n) is 4.94. The second-order valence-corrected chi connectivity index (χ2v) is 6.72. The predicted octanol–water partition coefficient (Wildman–Crippen LogP) is 3.23. The first-order chi connectivity index (χ1) is 14.7. The van der Waals surface area contributed by atoms with Gasteiger partial charge in [0.1, 0.15) is 17.3 Å². The summed E-state index contributed by atoms with van der Waals surface area (Å²) in [5.41, 5.74) is 1.67. The number of hydrogen-bond acceptors (Lipinski definition) is 7. The number of pyridine rings is 1. The number of hydrogen-bond donors (Lipinski definition) is 1. The number of benzene rings is 2. The highest BCUT2D eigenvalue weighted by Gasteiger charge is 2.22. The van der Waals surface area contributed by atoms with E-state index in [9.17, 15) is 4.79 Å². The third-order valence-corrected chi connectivity index (χ3v) is 4.94. The largest absolute Gasteiger partial charge is 0.494 e. The predicted molar refractivity (Wildman–Crippen MR) is 115 cm³/mol. The molecule has 0 radical (unpaired) electrons. The highest BCUT2D eigenvalue weighted by molar-refractivity contribution is 6.19. The number of fused-ring (bicyclic) bond motifs is 1. The first kappa shape index (κ1) is 19.7. The van der Waals surface area contributed by atoms with Crippen molar-refractivity contribution in [2.24, 2.45) is 4.99 Å². The van der Waals surface area contributed by atoms with Gasteiger partial charge >= 0.3 is 0 Å².